The van der Waals surface area contributed by atoms with Crippen molar-refractivity contribution >= 4 is 11.7 Å². The number of amides is 1. The highest BCUT2D eigenvalue weighted by Gasteiger charge is 2.30. The van der Waals surface area contributed by atoms with Gasteiger partial charge in [-0.25, -0.2) is 0 Å². The molecule has 6 heteroatoms. The molecule has 0 aliphatic carbocycles. The van der Waals surface area contributed by atoms with Crippen molar-refractivity contribution in [1.82, 2.24) is 19.6 Å². The maximum absolute atomic E-state index is 12.2. The average Bonchev–Trinajstić information content (AvgIpc) is 3.12. The summed E-state index contributed by atoms with van der Waals surface area (Å²) in [5.41, 5.74) is 5.69. The summed E-state index contributed by atoms with van der Waals surface area (Å²) in [5, 5.41) is 12.2. The molecule has 0 unspecified atom stereocenters. The third kappa shape index (κ3) is 3.52. The predicted molar refractivity (Wildman–Crippen MR) is 105 cm³/mol. The van der Waals surface area contributed by atoms with E-state index in [1.165, 1.54) is 11.1 Å². The highest BCUT2D eigenvalue weighted by atomic mass is 16.1. The lowest BCUT2D eigenvalue weighted by atomic mass is 9.89. The number of carbonyl (C=O) groups is 1. The van der Waals surface area contributed by atoms with Gasteiger partial charge in [-0.05, 0) is 44.7 Å². The van der Waals surface area contributed by atoms with Crippen LogP contribution in [0.15, 0.2) is 36.4 Å². The Morgan fingerprint density at radius 2 is 1.89 bits per heavy atom. The molecular formula is C21H25N5O. The van der Waals surface area contributed by atoms with E-state index in [1.54, 1.807) is 0 Å². The fraction of sp³-hybridized carbons (Fsp3) is 0.381. The van der Waals surface area contributed by atoms with Crippen molar-refractivity contribution in [3.8, 4) is 0 Å². The number of aromatic nitrogens is 4. The Morgan fingerprint density at radius 3 is 2.59 bits per heavy atom. The zero-order valence-corrected chi connectivity index (χ0v) is 16.1. The summed E-state index contributed by atoms with van der Waals surface area (Å²) < 4.78 is 4.03. The number of hydrogen-bond acceptors (Lipinski definition) is 3. The number of carbonyl (C=O) groups excluding carboxylic acids is 1. The van der Waals surface area contributed by atoms with Gasteiger partial charge in [-0.3, -0.25) is 14.2 Å². The van der Waals surface area contributed by atoms with Crippen LogP contribution in [0.25, 0.3) is 0 Å². The maximum atomic E-state index is 12.2. The Hall–Kier alpha value is -2.89. The summed E-state index contributed by atoms with van der Waals surface area (Å²) in [6, 6.07) is 12.4. The Morgan fingerprint density at radius 1 is 1.11 bits per heavy atom. The lowest BCUT2D eigenvalue weighted by Crippen LogP contribution is -2.23. The molecule has 1 aromatic carbocycles. The molecule has 0 fully saturated rings. The highest BCUT2D eigenvalue weighted by Crippen LogP contribution is 2.37. The van der Waals surface area contributed by atoms with Crippen molar-refractivity contribution < 1.29 is 4.79 Å². The first kappa shape index (κ1) is 17.5. The van der Waals surface area contributed by atoms with Crippen LogP contribution in [0.5, 0.6) is 0 Å². The molecule has 3 heterocycles. The molecule has 0 radical (unpaired) electrons. The Bertz CT molecular complexity index is 970. The topological polar surface area (TPSA) is 64.7 Å². The first-order chi connectivity index (χ1) is 13.0. The van der Waals surface area contributed by atoms with E-state index < -0.39 is 0 Å². The number of rotatable bonds is 5. The average molecular weight is 363 g/mol. The molecule has 4 rings (SSSR count). The summed E-state index contributed by atoms with van der Waals surface area (Å²) in [6.07, 6.45) is 1.38. The Kier molecular flexibility index (Phi) is 4.56. The van der Waals surface area contributed by atoms with E-state index in [0.717, 1.165) is 35.9 Å². The summed E-state index contributed by atoms with van der Waals surface area (Å²) in [5.74, 6) is 0.936. The van der Waals surface area contributed by atoms with Gasteiger partial charge in [0.15, 0.2) is 5.82 Å². The second-order valence-electron chi connectivity index (χ2n) is 7.38. The molecule has 0 bridgehead atoms. The van der Waals surface area contributed by atoms with Crippen molar-refractivity contribution in [3.63, 3.8) is 0 Å². The predicted octanol–water partition coefficient (Wildman–Crippen LogP) is 3.57. The number of nitrogens with one attached hydrogen (secondary N) is 1. The van der Waals surface area contributed by atoms with Gasteiger partial charge in [0.25, 0.3) is 0 Å². The van der Waals surface area contributed by atoms with Crippen LogP contribution in [0.1, 0.15) is 47.0 Å². The van der Waals surface area contributed by atoms with Crippen molar-refractivity contribution in [2.45, 2.75) is 52.6 Å². The van der Waals surface area contributed by atoms with E-state index in [1.807, 2.05) is 34.5 Å². The molecule has 140 valence electrons. The van der Waals surface area contributed by atoms with Crippen LogP contribution in [0, 0.1) is 20.8 Å². The smallest absolute Gasteiger partial charge is 0.226 e. The molecule has 0 saturated heterocycles. The van der Waals surface area contributed by atoms with Crippen LogP contribution in [0.3, 0.4) is 0 Å². The summed E-state index contributed by atoms with van der Waals surface area (Å²) in [6.45, 7) is 7.69. The monoisotopic (exact) mass is 363 g/mol. The zero-order chi connectivity index (χ0) is 19.0. The molecule has 3 aromatic rings. The van der Waals surface area contributed by atoms with Crippen LogP contribution < -0.4 is 5.32 Å². The van der Waals surface area contributed by atoms with Gasteiger partial charge >= 0.3 is 0 Å². The number of aryl methyl sites for hydroxylation is 3. The SMILES string of the molecule is Cc1cc(C)n(CC[C@@H]2CC(=O)Nc3nn(Cc4ccccc4)c(C)c32)n1. The summed E-state index contributed by atoms with van der Waals surface area (Å²) >= 11 is 0. The van der Waals surface area contributed by atoms with Crippen molar-refractivity contribution in [1.29, 1.82) is 0 Å². The molecule has 1 aliphatic heterocycles. The van der Waals surface area contributed by atoms with E-state index in [0.29, 0.717) is 13.0 Å². The van der Waals surface area contributed by atoms with Gasteiger partial charge in [-0.2, -0.15) is 10.2 Å². The van der Waals surface area contributed by atoms with Crippen LogP contribution in [0.4, 0.5) is 5.82 Å². The van der Waals surface area contributed by atoms with Crippen molar-refractivity contribution in [3.05, 3.63) is 64.6 Å². The first-order valence-electron chi connectivity index (χ1n) is 9.43. The lowest BCUT2D eigenvalue weighted by Gasteiger charge is -2.22. The van der Waals surface area contributed by atoms with Crippen LogP contribution in [0.2, 0.25) is 0 Å². The molecule has 1 amide bonds. The molecule has 0 saturated carbocycles. The molecule has 1 N–H and O–H groups in total. The molecule has 6 nitrogen and oxygen atoms in total. The molecule has 0 spiro atoms. The number of benzene rings is 1. The minimum Gasteiger partial charge on any atom is -0.309 e. The Balaban J connectivity index is 1.59. The maximum Gasteiger partial charge on any atom is 0.226 e. The summed E-state index contributed by atoms with van der Waals surface area (Å²) in [4.78, 5) is 12.2. The van der Waals surface area contributed by atoms with Gasteiger partial charge in [0.05, 0.1) is 12.2 Å². The largest absolute Gasteiger partial charge is 0.309 e. The standard InChI is InChI=1S/C21H25N5O/c1-14-11-15(2)25(23-14)10-9-18-12-19(27)22-21-20(18)16(3)26(24-21)13-17-7-5-4-6-8-17/h4-8,11,18H,9-10,12-13H2,1-3H3,(H,22,24,27)/t18-/m1/s1. The number of fused-ring (bicyclic) bond motifs is 1. The normalized spacial score (nSPS) is 16.3. The lowest BCUT2D eigenvalue weighted by molar-refractivity contribution is -0.116. The number of nitrogens with zero attached hydrogens (tertiary/aromatic N) is 4. The van der Waals surface area contributed by atoms with Crippen molar-refractivity contribution in [2.24, 2.45) is 0 Å². The van der Waals surface area contributed by atoms with Gasteiger partial charge in [-0.15, -0.1) is 0 Å². The zero-order valence-electron chi connectivity index (χ0n) is 16.1. The molecule has 1 aliphatic rings. The molecule has 2 aromatic heterocycles. The van der Waals surface area contributed by atoms with Gasteiger partial charge in [0.2, 0.25) is 5.91 Å². The van der Waals surface area contributed by atoms with E-state index in [-0.39, 0.29) is 11.8 Å². The molecular weight excluding hydrogens is 338 g/mol. The van der Waals surface area contributed by atoms with Gasteiger partial charge in [0.1, 0.15) is 0 Å². The first-order valence-corrected chi connectivity index (χ1v) is 9.43. The van der Waals surface area contributed by atoms with Crippen LogP contribution >= 0.6 is 0 Å². The summed E-state index contributed by atoms with van der Waals surface area (Å²) in [7, 11) is 0. The molecule has 27 heavy (non-hydrogen) atoms. The quantitative estimate of drug-likeness (QED) is 0.754. The van der Waals surface area contributed by atoms with Crippen LogP contribution in [-0.2, 0) is 17.9 Å². The van der Waals surface area contributed by atoms with Crippen LogP contribution in [-0.4, -0.2) is 25.5 Å². The molecule has 1 atom stereocenters. The van der Waals surface area contributed by atoms with E-state index >= 15 is 0 Å². The van der Waals surface area contributed by atoms with Crippen molar-refractivity contribution in [2.75, 3.05) is 5.32 Å². The third-order valence-electron chi connectivity index (χ3n) is 5.32. The minimum absolute atomic E-state index is 0.0465. The Labute approximate surface area is 159 Å². The fourth-order valence-electron chi connectivity index (χ4n) is 3.99. The van der Waals surface area contributed by atoms with E-state index in [9.17, 15) is 4.79 Å². The number of anilines is 1. The minimum atomic E-state index is 0.0465. The second-order valence-corrected chi connectivity index (χ2v) is 7.38. The third-order valence-corrected chi connectivity index (χ3v) is 5.32. The number of hydrogen-bond donors (Lipinski definition) is 1. The second kappa shape index (κ2) is 7.02. The fourth-order valence-corrected chi connectivity index (χ4v) is 3.99. The van der Waals surface area contributed by atoms with Gasteiger partial charge in [0, 0.05) is 29.9 Å². The van der Waals surface area contributed by atoms with E-state index in [2.05, 4.69) is 47.6 Å². The highest BCUT2D eigenvalue weighted by molar-refractivity contribution is 5.93. The van der Waals surface area contributed by atoms with Gasteiger partial charge in [-0.1, -0.05) is 30.3 Å². The van der Waals surface area contributed by atoms with E-state index in [4.69, 9.17) is 0 Å². The van der Waals surface area contributed by atoms with Gasteiger partial charge < -0.3 is 5.32 Å².